The summed E-state index contributed by atoms with van der Waals surface area (Å²) in [5, 5.41) is 20.1. The van der Waals surface area contributed by atoms with Crippen molar-refractivity contribution >= 4 is 5.78 Å². The minimum absolute atomic E-state index is 0.0205. The second kappa shape index (κ2) is 5.35. The van der Waals surface area contributed by atoms with E-state index < -0.39 is 11.4 Å². The topological polar surface area (TPSA) is 76.0 Å². The van der Waals surface area contributed by atoms with Gasteiger partial charge in [-0.05, 0) is 29.8 Å². The van der Waals surface area contributed by atoms with Crippen LogP contribution < -0.4 is 9.47 Å². The largest absolute Gasteiger partial charge is 0.508 e. The van der Waals surface area contributed by atoms with Gasteiger partial charge in [0.15, 0.2) is 5.60 Å². The number of benzene rings is 2. The SMILES string of the molecule is COc1ccc(CC2(O)COc3cc(O)ccc3C2=O)cc1. The summed E-state index contributed by atoms with van der Waals surface area (Å²) in [4.78, 5) is 12.5. The van der Waals surface area contributed by atoms with Crippen LogP contribution in [-0.2, 0) is 6.42 Å². The number of carbonyl (C=O) groups excluding carboxylic acids is 1. The number of hydrogen-bond donors (Lipinski definition) is 2. The molecule has 2 N–H and O–H groups in total. The predicted octanol–water partition coefficient (Wildman–Crippen LogP) is 1.95. The van der Waals surface area contributed by atoms with Crippen LogP contribution in [0.1, 0.15) is 15.9 Å². The number of Topliss-reactive ketones (excluding diaryl/α,β-unsaturated/α-hetero) is 1. The van der Waals surface area contributed by atoms with E-state index in [0.717, 1.165) is 5.56 Å². The minimum atomic E-state index is -1.61. The molecule has 1 aliphatic rings. The average Bonchev–Trinajstić information content (AvgIpc) is 2.52. The number of ether oxygens (including phenoxy) is 2. The van der Waals surface area contributed by atoms with E-state index in [1.807, 2.05) is 0 Å². The summed E-state index contributed by atoms with van der Waals surface area (Å²) in [5.74, 6) is 0.629. The molecule has 22 heavy (non-hydrogen) atoms. The van der Waals surface area contributed by atoms with Crippen molar-refractivity contribution in [3.63, 3.8) is 0 Å². The molecule has 1 atom stereocenters. The number of ketones is 1. The molecular weight excluding hydrogens is 284 g/mol. The molecule has 2 aromatic rings. The van der Waals surface area contributed by atoms with Gasteiger partial charge in [-0.15, -0.1) is 0 Å². The molecule has 2 aromatic carbocycles. The van der Waals surface area contributed by atoms with Gasteiger partial charge in [0.05, 0.1) is 12.7 Å². The second-order valence-electron chi connectivity index (χ2n) is 5.35. The summed E-state index contributed by atoms with van der Waals surface area (Å²) in [6, 6.07) is 11.4. The number of carbonyl (C=O) groups is 1. The second-order valence-corrected chi connectivity index (χ2v) is 5.35. The van der Waals surface area contributed by atoms with Crippen LogP contribution in [0.3, 0.4) is 0 Å². The van der Waals surface area contributed by atoms with Crippen LogP contribution in [0.2, 0.25) is 0 Å². The van der Waals surface area contributed by atoms with Crippen molar-refractivity contribution in [2.24, 2.45) is 0 Å². The van der Waals surface area contributed by atoms with Crippen molar-refractivity contribution in [3.05, 3.63) is 53.6 Å². The standard InChI is InChI=1S/C17H16O5/c1-21-13-5-2-11(3-6-13)9-17(20)10-22-15-8-12(18)4-7-14(15)16(17)19/h2-8,18,20H,9-10H2,1H3. The third kappa shape index (κ3) is 2.51. The van der Waals surface area contributed by atoms with E-state index >= 15 is 0 Å². The molecule has 5 nitrogen and oxygen atoms in total. The Morgan fingerprint density at radius 2 is 1.95 bits per heavy atom. The van der Waals surface area contributed by atoms with Crippen molar-refractivity contribution in [3.8, 4) is 17.2 Å². The van der Waals surface area contributed by atoms with Gasteiger partial charge in [0.25, 0.3) is 0 Å². The van der Waals surface area contributed by atoms with Gasteiger partial charge >= 0.3 is 0 Å². The fourth-order valence-electron chi connectivity index (χ4n) is 2.54. The van der Waals surface area contributed by atoms with Gasteiger partial charge in [0.2, 0.25) is 5.78 Å². The molecule has 5 heteroatoms. The summed E-state index contributed by atoms with van der Waals surface area (Å²) < 4.78 is 10.5. The molecule has 1 aliphatic heterocycles. The first-order valence-electron chi connectivity index (χ1n) is 6.88. The van der Waals surface area contributed by atoms with Crippen LogP contribution in [-0.4, -0.2) is 35.3 Å². The van der Waals surface area contributed by atoms with Crippen LogP contribution >= 0.6 is 0 Å². The number of phenolic OH excluding ortho intramolecular Hbond substituents is 1. The fraction of sp³-hybridized carbons (Fsp3) is 0.235. The minimum Gasteiger partial charge on any atom is -0.508 e. The molecule has 0 aliphatic carbocycles. The highest BCUT2D eigenvalue weighted by Gasteiger charge is 2.42. The van der Waals surface area contributed by atoms with E-state index in [2.05, 4.69) is 0 Å². The van der Waals surface area contributed by atoms with Gasteiger partial charge in [0.1, 0.15) is 23.9 Å². The van der Waals surface area contributed by atoms with E-state index in [1.165, 1.54) is 18.2 Å². The Morgan fingerprint density at radius 1 is 1.23 bits per heavy atom. The van der Waals surface area contributed by atoms with Gasteiger partial charge in [-0.2, -0.15) is 0 Å². The molecule has 0 saturated heterocycles. The normalized spacial score (nSPS) is 20.2. The Hall–Kier alpha value is -2.53. The summed E-state index contributed by atoms with van der Waals surface area (Å²) in [6.45, 7) is -0.145. The summed E-state index contributed by atoms with van der Waals surface area (Å²) in [6.07, 6.45) is 0.149. The van der Waals surface area contributed by atoms with E-state index in [1.54, 1.807) is 31.4 Å². The van der Waals surface area contributed by atoms with E-state index in [9.17, 15) is 15.0 Å². The van der Waals surface area contributed by atoms with Gasteiger partial charge in [-0.25, -0.2) is 0 Å². The molecule has 1 heterocycles. The molecule has 0 fully saturated rings. The molecule has 0 saturated carbocycles. The number of fused-ring (bicyclic) bond motifs is 1. The van der Waals surface area contributed by atoms with Crippen molar-refractivity contribution < 1.29 is 24.5 Å². The Morgan fingerprint density at radius 3 is 2.64 bits per heavy atom. The molecule has 0 spiro atoms. The lowest BCUT2D eigenvalue weighted by molar-refractivity contribution is -0.00199. The number of hydrogen-bond acceptors (Lipinski definition) is 5. The van der Waals surface area contributed by atoms with E-state index in [4.69, 9.17) is 9.47 Å². The monoisotopic (exact) mass is 300 g/mol. The van der Waals surface area contributed by atoms with Crippen LogP contribution in [0.4, 0.5) is 0 Å². The maximum absolute atomic E-state index is 12.5. The number of methoxy groups -OCH3 is 1. The third-order valence-corrected chi connectivity index (χ3v) is 3.75. The number of aromatic hydroxyl groups is 1. The predicted molar refractivity (Wildman–Crippen MR) is 79.6 cm³/mol. The van der Waals surface area contributed by atoms with Crippen LogP contribution in [0.5, 0.6) is 17.2 Å². The lowest BCUT2D eigenvalue weighted by atomic mass is 9.85. The van der Waals surface area contributed by atoms with Gasteiger partial charge in [-0.1, -0.05) is 12.1 Å². The summed E-state index contributed by atoms with van der Waals surface area (Å²) >= 11 is 0. The lowest BCUT2D eigenvalue weighted by Gasteiger charge is -2.32. The number of rotatable bonds is 3. The molecule has 114 valence electrons. The van der Waals surface area contributed by atoms with Gasteiger partial charge in [0, 0.05) is 12.5 Å². The highest BCUT2D eigenvalue weighted by Crippen LogP contribution is 2.34. The first kappa shape index (κ1) is 14.4. The Kier molecular flexibility index (Phi) is 3.50. The molecular formula is C17H16O5. The van der Waals surface area contributed by atoms with Crippen LogP contribution in [0.25, 0.3) is 0 Å². The maximum Gasteiger partial charge on any atom is 0.201 e. The first-order valence-corrected chi connectivity index (χ1v) is 6.88. The molecule has 0 aromatic heterocycles. The smallest absolute Gasteiger partial charge is 0.201 e. The maximum atomic E-state index is 12.5. The van der Waals surface area contributed by atoms with Gasteiger partial charge in [-0.3, -0.25) is 4.79 Å². The zero-order valence-electron chi connectivity index (χ0n) is 12.1. The van der Waals surface area contributed by atoms with Crippen LogP contribution in [0.15, 0.2) is 42.5 Å². The van der Waals surface area contributed by atoms with E-state index in [0.29, 0.717) is 11.5 Å². The summed E-state index contributed by atoms with van der Waals surface area (Å²) in [7, 11) is 1.58. The average molecular weight is 300 g/mol. The highest BCUT2D eigenvalue weighted by molar-refractivity contribution is 6.05. The van der Waals surface area contributed by atoms with Crippen LogP contribution in [0, 0.1) is 0 Å². The Labute approximate surface area is 127 Å². The Balaban J connectivity index is 1.86. The quantitative estimate of drug-likeness (QED) is 0.906. The van der Waals surface area contributed by atoms with Crippen molar-refractivity contribution in [1.82, 2.24) is 0 Å². The zero-order valence-corrected chi connectivity index (χ0v) is 12.1. The molecule has 0 amide bonds. The molecule has 0 bridgehead atoms. The van der Waals surface area contributed by atoms with E-state index in [-0.39, 0.29) is 24.3 Å². The number of aliphatic hydroxyl groups is 1. The lowest BCUT2D eigenvalue weighted by Crippen LogP contribution is -2.49. The van der Waals surface area contributed by atoms with Crippen molar-refractivity contribution in [2.45, 2.75) is 12.0 Å². The van der Waals surface area contributed by atoms with Crippen molar-refractivity contribution in [2.75, 3.05) is 13.7 Å². The van der Waals surface area contributed by atoms with Gasteiger partial charge < -0.3 is 19.7 Å². The summed E-state index contributed by atoms with van der Waals surface area (Å²) in [5.41, 5.74) is -0.527. The third-order valence-electron chi connectivity index (χ3n) is 3.75. The zero-order chi connectivity index (χ0) is 15.7. The Bertz CT molecular complexity index is 707. The highest BCUT2D eigenvalue weighted by atomic mass is 16.5. The van der Waals surface area contributed by atoms with Crippen molar-refractivity contribution in [1.29, 1.82) is 0 Å². The first-order chi connectivity index (χ1) is 10.5. The fourth-order valence-corrected chi connectivity index (χ4v) is 2.54. The molecule has 1 unspecified atom stereocenters. The number of phenols is 1. The molecule has 0 radical (unpaired) electrons. The molecule has 3 rings (SSSR count).